The molecule has 0 fully saturated rings. The summed E-state index contributed by atoms with van der Waals surface area (Å²) in [6.45, 7) is 0. The van der Waals surface area contributed by atoms with Crippen molar-refractivity contribution in [2.24, 2.45) is 0 Å². The minimum absolute atomic E-state index is 0.0957. The second kappa shape index (κ2) is 5.67. The van der Waals surface area contributed by atoms with E-state index in [1.54, 1.807) is 36.4 Å². The van der Waals surface area contributed by atoms with Crippen LogP contribution in [0.15, 0.2) is 71.4 Å². The molecule has 0 aliphatic rings. The van der Waals surface area contributed by atoms with E-state index in [0.717, 1.165) is 16.5 Å². The zero-order chi connectivity index (χ0) is 14.7. The first-order valence-electron chi connectivity index (χ1n) is 6.72. The fourth-order valence-electron chi connectivity index (χ4n) is 2.16. The number of furan rings is 1. The lowest BCUT2D eigenvalue weighted by Gasteiger charge is -2.15. The van der Waals surface area contributed by atoms with E-state index in [4.69, 9.17) is 4.42 Å². The molecule has 104 valence electrons. The zero-order valence-corrected chi connectivity index (χ0v) is 11.7. The van der Waals surface area contributed by atoms with E-state index in [-0.39, 0.29) is 5.91 Å². The molecular formula is C18H15NO2. The molecule has 0 aliphatic carbocycles. The Morgan fingerprint density at radius 2 is 1.86 bits per heavy atom. The van der Waals surface area contributed by atoms with E-state index in [1.165, 1.54) is 6.08 Å². The molecule has 3 nitrogen and oxygen atoms in total. The maximum atomic E-state index is 12.2. The molecule has 0 saturated heterocycles. The number of anilines is 1. The van der Waals surface area contributed by atoms with Gasteiger partial charge >= 0.3 is 0 Å². The van der Waals surface area contributed by atoms with Gasteiger partial charge in [0.1, 0.15) is 5.76 Å². The molecule has 3 heteroatoms. The van der Waals surface area contributed by atoms with Gasteiger partial charge in [-0.25, -0.2) is 0 Å². The number of rotatable bonds is 3. The largest absolute Gasteiger partial charge is 0.465 e. The summed E-state index contributed by atoms with van der Waals surface area (Å²) in [6.07, 6.45) is 4.76. The summed E-state index contributed by atoms with van der Waals surface area (Å²) in [5.41, 5.74) is 0.864. The van der Waals surface area contributed by atoms with Crippen LogP contribution in [0.1, 0.15) is 5.76 Å². The lowest BCUT2D eigenvalue weighted by Crippen LogP contribution is -2.23. The molecule has 0 aliphatic heterocycles. The van der Waals surface area contributed by atoms with Crippen molar-refractivity contribution in [3.63, 3.8) is 0 Å². The number of benzene rings is 2. The van der Waals surface area contributed by atoms with Gasteiger partial charge in [0.2, 0.25) is 0 Å². The first-order chi connectivity index (χ1) is 10.2. The van der Waals surface area contributed by atoms with Gasteiger partial charge in [-0.05, 0) is 41.1 Å². The highest BCUT2D eigenvalue weighted by Gasteiger charge is 2.08. The summed E-state index contributed by atoms with van der Waals surface area (Å²) >= 11 is 0. The molecule has 0 spiro atoms. The number of likely N-dealkylation sites (N-methyl/N-ethyl adjacent to an activating group) is 1. The summed E-state index contributed by atoms with van der Waals surface area (Å²) in [6, 6.07) is 17.7. The van der Waals surface area contributed by atoms with Gasteiger partial charge in [0.05, 0.1) is 6.26 Å². The summed E-state index contributed by atoms with van der Waals surface area (Å²) in [5.74, 6) is 0.567. The van der Waals surface area contributed by atoms with Gasteiger partial charge in [-0.2, -0.15) is 0 Å². The average Bonchev–Trinajstić information content (AvgIpc) is 3.05. The second-order valence-electron chi connectivity index (χ2n) is 4.78. The number of hydrogen-bond acceptors (Lipinski definition) is 2. The van der Waals surface area contributed by atoms with E-state index in [2.05, 4.69) is 6.07 Å². The standard InChI is InChI=1S/C18H15NO2/c1-19(18(20)11-10-17-7-4-12-21-17)16-9-8-14-5-2-3-6-15(14)13-16/h2-13H,1H3/b11-10+. The van der Waals surface area contributed by atoms with Gasteiger partial charge in [0, 0.05) is 18.8 Å². The molecule has 1 aromatic heterocycles. The first kappa shape index (κ1) is 13.2. The highest BCUT2D eigenvalue weighted by Crippen LogP contribution is 2.21. The molecule has 21 heavy (non-hydrogen) atoms. The van der Waals surface area contributed by atoms with Crippen molar-refractivity contribution in [1.82, 2.24) is 0 Å². The van der Waals surface area contributed by atoms with Crippen molar-refractivity contribution in [2.75, 3.05) is 11.9 Å². The van der Waals surface area contributed by atoms with Gasteiger partial charge < -0.3 is 9.32 Å². The lowest BCUT2D eigenvalue weighted by molar-refractivity contribution is -0.113. The Hall–Kier alpha value is -2.81. The van der Waals surface area contributed by atoms with Crippen molar-refractivity contribution in [1.29, 1.82) is 0 Å². The van der Waals surface area contributed by atoms with Crippen LogP contribution in [0.4, 0.5) is 5.69 Å². The molecule has 3 aromatic rings. The van der Waals surface area contributed by atoms with Crippen LogP contribution in [0.3, 0.4) is 0 Å². The van der Waals surface area contributed by atoms with Crippen LogP contribution in [-0.4, -0.2) is 13.0 Å². The van der Waals surface area contributed by atoms with Crippen LogP contribution in [0.25, 0.3) is 16.8 Å². The number of fused-ring (bicyclic) bond motifs is 1. The molecule has 0 unspecified atom stereocenters. The topological polar surface area (TPSA) is 33.5 Å². The van der Waals surface area contributed by atoms with Gasteiger partial charge in [-0.15, -0.1) is 0 Å². The number of hydrogen-bond donors (Lipinski definition) is 0. The predicted molar refractivity (Wildman–Crippen MR) is 85.1 cm³/mol. The molecule has 1 amide bonds. The summed E-state index contributed by atoms with van der Waals surface area (Å²) < 4.78 is 5.17. The fourth-order valence-corrected chi connectivity index (χ4v) is 2.16. The summed E-state index contributed by atoms with van der Waals surface area (Å²) in [4.78, 5) is 13.8. The smallest absolute Gasteiger partial charge is 0.250 e. The first-order valence-corrected chi connectivity index (χ1v) is 6.72. The number of nitrogens with zero attached hydrogens (tertiary/aromatic N) is 1. The minimum atomic E-state index is -0.0957. The third kappa shape index (κ3) is 2.87. The van der Waals surface area contributed by atoms with Gasteiger partial charge in [-0.1, -0.05) is 30.3 Å². The molecular weight excluding hydrogens is 262 g/mol. The Kier molecular flexibility index (Phi) is 3.56. The monoisotopic (exact) mass is 277 g/mol. The van der Waals surface area contributed by atoms with Crippen molar-refractivity contribution >= 4 is 28.4 Å². The highest BCUT2D eigenvalue weighted by molar-refractivity contribution is 6.04. The van der Waals surface area contributed by atoms with Crippen LogP contribution >= 0.6 is 0 Å². The van der Waals surface area contributed by atoms with Crippen molar-refractivity contribution in [3.8, 4) is 0 Å². The van der Waals surface area contributed by atoms with E-state index in [0.29, 0.717) is 5.76 Å². The van der Waals surface area contributed by atoms with Crippen LogP contribution in [0, 0.1) is 0 Å². The Bertz CT molecular complexity index is 788. The molecule has 1 heterocycles. The fraction of sp³-hybridized carbons (Fsp3) is 0.0556. The Labute approximate surface area is 123 Å². The Morgan fingerprint density at radius 3 is 2.62 bits per heavy atom. The average molecular weight is 277 g/mol. The molecule has 0 saturated carbocycles. The third-order valence-electron chi connectivity index (χ3n) is 3.38. The van der Waals surface area contributed by atoms with E-state index >= 15 is 0 Å². The second-order valence-corrected chi connectivity index (χ2v) is 4.78. The van der Waals surface area contributed by atoms with Gasteiger partial charge in [0.15, 0.2) is 0 Å². The molecule has 2 aromatic carbocycles. The molecule has 3 rings (SSSR count). The normalized spacial score (nSPS) is 11.1. The third-order valence-corrected chi connectivity index (χ3v) is 3.38. The summed E-state index contributed by atoms with van der Waals surface area (Å²) in [7, 11) is 1.76. The summed E-state index contributed by atoms with van der Waals surface area (Å²) in [5, 5.41) is 2.28. The maximum absolute atomic E-state index is 12.2. The molecule has 0 N–H and O–H groups in total. The van der Waals surface area contributed by atoms with Crippen LogP contribution in [-0.2, 0) is 4.79 Å². The number of amides is 1. The van der Waals surface area contributed by atoms with Crippen LogP contribution < -0.4 is 4.90 Å². The lowest BCUT2D eigenvalue weighted by atomic mass is 10.1. The van der Waals surface area contributed by atoms with Crippen molar-refractivity contribution in [2.45, 2.75) is 0 Å². The number of carbonyl (C=O) groups is 1. The van der Waals surface area contributed by atoms with E-state index < -0.39 is 0 Å². The van der Waals surface area contributed by atoms with E-state index in [1.807, 2.05) is 36.4 Å². The highest BCUT2D eigenvalue weighted by atomic mass is 16.3. The zero-order valence-electron chi connectivity index (χ0n) is 11.7. The van der Waals surface area contributed by atoms with Crippen LogP contribution in [0.2, 0.25) is 0 Å². The van der Waals surface area contributed by atoms with Crippen LogP contribution in [0.5, 0.6) is 0 Å². The molecule has 0 bridgehead atoms. The van der Waals surface area contributed by atoms with Crippen molar-refractivity contribution < 1.29 is 9.21 Å². The maximum Gasteiger partial charge on any atom is 0.250 e. The molecule has 0 atom stereocenters. The van der Waals surface area contributed by atoms with Crippen molar-refractivity contribution in [3.05, 3.63) is 72.7 Å². The molecule has 0 radical (unpaired) electrons. The van der Waals surface area contributed by atoms with Gasteiger partial charge in [-0.3, -0.25) is 4.79 Å². The Balaban J connectivity index is 1.82. The minimum Gasteiger partial charge on any atom is -0.465 e. The van der Waals surface area contributed by atoms with Gasteiger partial charge in [0.25, 0.3) is 5.91 Å². The number of carbonyl (C=O) groups excluding carboxylic acids is 1. The SMILES string of the molecule is CN(C(=O)/C=C/c1ccco1)c1ccc2ccccc2c1. The van der Waals surface area contributed by atoms with E-state index in [9.17, 15) is 4.79 Å². The quantitative estimate of drug-likeness (QED) is 0.675. The Morgan fingerprint density at radius 1 is 1.05 bits per heavy atom. The predicted octanol–water partition coefficient (Wildman–Crippen LogP) is 4.11.